The van der Waals surface area contributed by atoms with E-state index in [2.05, 4.69) is 0 Å². The minimum atomic E-state index is 0.194. The molecule has 0 bridgehead atoms. The third kappa shape index (κ3) is 3210. The molecule has 0 aliphatic carbocycles. The van der Waals surface area contributed by atoms with Gasteiger partial charge in [0.15, 0.2) is 0 Å². The first-order valence-electron chi connectivity index (χ1n) is 13.3. The van der Waals surface area contributed by atoms with Crippen LogP contribution in [0.15, 0.2) is 0 Å². The lowest BCUT2D eigenvalue weighted by Gasteiger charge is -1.42. The first-order valence-corrected chi connectivity index (χ1v) is 38.9. The van der Waals surface area contributed by atoms with E-state index < -0.39 is 0 Å². The predicted molar refractivity (Wildman–Crippen MR) is 406 cm³/mol. The van der Waals surface area contributed by atoms with Gasteiger partial charge in [-0.05, 0) is 0 Å². The molecule has 0 fully saturated rings. The van der Waals surface area contributed by atoms with Crippen molar-refractivity contribution >= 4 is 557 Å². The number of hydrogen-bond donors (Lipinski definition) is 1. The summed E-state index contributed by atoms with van der Waals surface area (Å²) in [6, 6.07) is 0. The Bertz CT molecular complexity index is 185. The van der Waals surface area contributed by atoms with Gasteiger partial charge in [0.25, 0.3) is 0 Å². The minimum absolute atomic E-state index is 0.194. The molecule has 0 radical (unpaired) electrons. The molecule has 0 amide bonds. The molecular formula is C25H52Cl48O. The molecule has 0 aliphatic rings. The van der Waals surface area contributed by atoms with Crippen LogP contribution in [0.4, 0.5) is 0 Å². The average molecular weight is 2070 g/mol. The van der Waals surface area contributed by atoms with Crippen molar-refractivity contribution in [3.05, 3.63) is 0 Å². The topological polar surface area (TPSA) is 20.2 Å². The van der Waals surface area contributed by atoms with Crippen LogP contribution in [0.5, 0.6) is 0 Å². The second-order valence-corrected chi connectivity index (χ2v) is 21.8. The molecule has 0 aromatic rings. The highest BCUT2D eigenvalue weighted by atomic mass is 35.6. The van der Waals surface area contributed by atoms with Gasteiger partial charge in [0, 0.05) is 7.11 Å². The normalized spacial score (nSPS) is 5.92. The molecular weight excluding hydrogens is 2020 g/mol. The lowest BCUT2D eigenvalue weighted by molar-refractivity contribution is 0.399. The van der Waals surface area contributed by atoms with E-state index >= 15 is 0 Å². The molecule has 0 aromatic heterocycles. The molecule has 0 saturated carbocycles. The monoisotopic (exact) mass is 2050 g/mol. The van der Waals surface area contributed by atoms with Crippen LogP contribution in [0.2, 0.25) is 0 Å². The van der Waals surface area contributed by atoms with Crippen LogP contribution in [0, 0.1) is 0 Å². The lowest BCUT2D eigenvalue weighted by Crippen LogP contribution is -1.25. The number of rotatable bonds is 0. The largest absolute Gasteiger partial charge is 0.400 e. The fraction of sp³-hybridized carbons (Fsp3) is 1.00. The fourth-order valence-electron chi connectivity index (χ4n) is 0. The van der Waals surface area contributed by atoms with E-state index in [1.54, 1.807) is 0 Å². The molecule has 0 atom stereocenters. The summed E-state index contributed by atoms with van der Waals surface area (Å²) >= 11 is 229. The molecule has 0 spiro atoms. The number of aliphatic hydroxyl groups excluding tert-OH is 1. The van der Waals surface area contributed by atoms with Gasteiger partial charge in [0.05, 0.1) is 128 Å². The Balaban J connectivity index is -0.0000000147. The zero-order chi connectivity index (χ0) is 67.0. The fourth-order valence-corrected chi connectivity index (χ4v) is 0. The maximum absolute atomic E-state index is 7.00. The second kappa shape index (κ2) is 447. The highest BCUT2D eigenvalue weighted by Crippen LogP contribution is 1.80. The second-order valence-electron chi connectivity index (χ2n) is 2.42. The van der Waals surface area contributed by atoms with Gasteiger partial charge in [-0.3, -0.25) is 0 Å². The van der Waals surface area contributed by atoms with Crippen molar-refractivity contribution in [3.63, 3.8) is 0 Å². The maximum Gasteiger partial charge on any atom is 0.0967 e. The SMILES string of the molecule is CO.ClCCl.ClCCl.ClCCl.ClCCl.ClCCl.ClCCl.ClCCl.ClCCl.ClCCl.ClCCl.ClCCl.ClCCl.ClCCl.ClCCl.ClCCl.ClCCl.ClCCl.ClCCl.ClCCl.ClCCl.ClCCl.ClCCl.ClCCl.ClCCl. The molecule has 0 aromatic carbocycles. The van der Waals surface area contributed by atoms with Crippen molar-refractivity contribution in [1.29, 1.82) is 0 Å². The number of halogens is 48. The third-order valence-electron chi connectivity index (χ3n) is 0. The standard InChI is InChI=1S/24CH2Cl2.CH4O/c24*2-1-3;1-2/h24*1H2;2H,1H3. The van der Waals surface area contributed by atoms with E-state index in [9.17, 15) is 0 Å². The first kappa shape index (κ1) is 168. The van der Waals surface area contributed by atoms with E-state index in [1.807, 2.05) is 0 Å². The smallest absolute Gasteiger partial charge is 0.0967 e. The van der Waals surface area contributed by atoms with Gasteiger partial charge in [-0.2, -0.15) is 0 Å². The van der Waals surface area contributed by atoms with Crippen molar-refractivity contribution < 1.29 is 5.11 Å². The van der Waals surface area contributed by atoms with E-state index in [1.165, 1.54) is 0 Å². The van der Waals surface area contributed by atoms with Crippen LogP contribution in [0.1, 0.15) is 0 Å². The average Bonchev–Trinajstić information content (AvgIpc) is 3.29. The molecule has 1 nitrogen and oxygen atoms in total. The zero-order valence-corrected chi connectivity index (χ0v) is 72.8. The van der Waals surface area contributed by atoms with Crippen LogP contribution in [0.3, 0.4) is 0 Å². The Morgan fingerprint density at radius 1 is 0.0946 bits per heavy atom. The summed E-state index contributed by atoms with van der Waals surface area (Å²) in [5.41, 5.74) is 0. The predicted octanol–water partition coefficient (Wildman–Crippen LogP) is 33.7. The van der Waals surface area contributed by atoms with Crippen LogP contribution in [-0.4, -0.2) is 140 Å². The molecule has 0 rings (SSSR count). The summed E-state index contributed by atoms with van der Waals surface area (Å²) in [6.45, 7) is 0. The number of alkyl halides is 48. The highest BCUT2D eigenvalue weighted by molar-refractivity contribution is 6.47. The van der Waals surface area contributed by atoms with Crippen LogP contribution >= 0.6 is 557 Å². The summed E-state index contributed by atoms with van der Waals surface area (Å²) in [6.07, 6.45) is 0. The van der Waals surface area contributed by atoms with Crippen LogP contribution in [-0.2, 0) is 0 Å². The van der Waals surface area contributed by atoms with Crippen molar-refractivity contribution in [2.45, 2.75) is 0 Å². The minimum Gasteiger partial charge on any atom is -0.400 e. The van der Waals surface area contributed by atoms with E-state index in [4.69, 9.17) is 562 Å². The zero-order valence-electron chi connectivity index (χ0n) is 36.6. The van der Waals surface area contributed by atoms with Crippen molar-refractivity contribution in [3.8, 4) is 0 Å². The Morgan fingerprint density at radius 3 is 0.0946 bits per heavy atom. The Hall–Kier alpha value is 13.9. The third-order valence-corrected chi connectivity index (χ3v) is 0. The van der Waals surface area contributed by atoms with Crippen molar-refractivity contribution in [1.82, 2.24) is 0 Å². The molecule has 0 aliphatic heterocycles. The Kier molecular flexibility index (Phi) is 1010. The Morgan fingerprint density at radius 2 is 0.0946 bits per heavy atom. The van der Waals surface area contributed by atoms with Crippen LogP contribution in [0.25, 0.3) is 0 Å². The summed E-state index contributed by atoms with van der Waals surface area (Å²) in [5, 5.41) is 11.7. The number of aliphatic hydroxyl groups is 1. The molecule has 49 heteroatoms. The van der Waals surface area contributed by atoms with Crippen molar-refractivity contribution in [2.75, 3.05) is 135 Å². The first-order chi connectivity index (χ1) is 34.9. The Labute approximate surface area is 685 Å². The van der Waals surface area contributed by atoms with Gasteiger partial charge in [0.1, 0.15) is 0 Å². The molecule has 1 N–H and O–H groups in total. The van der Waals surface area contributed by atoms with E-state index in [0.717, 1.165) is 7.11 Å². The van der Waals surface area contributed by atoms with E-state index in [0.29, 0.717) is 0 Å². The van der Waals surface area contributed by atoms with Gasteiger partial charge < -0.3 is 5.11 Å². The quantitative estimate of drug-likeness (QED) is 0.240. The molecule has 74 heavy (non-hydrogen) atoms. The van der Waals surface area contributed by atoms with E-state index in [-0.39, 0.29) is 128 Å². The van der Waals surface area contributed by atoms with Gasteiger partial charge in [-0.1, -0.05) is 0 Å². The molecule has 0 heterocycles. The summed E-state index contributed by atoms with van der Waals surface area (Å²) in [5.74, 6) is 0. The molecule has 0 saturated heterocycles. The maximum atomic E-state index is 7.00. The lowest BCUT2D eigenvalue weighted by atomic mass is 11.8. The summed E-state index contributed by atoms with van der Waals surface area (Å²) < 4.78 is 0. The van der Waals surface area contributed by atoms with Crippen LogP contribution < -0.4 is 0 Å². The highest BCUT2D eigenvalue weighted by Gasteiger charge is 1.48. The van der Waals surface area contributed by atoms with Gasteiger partial charge in [-0.25, -0.2) is 0 Å². The van der Waals surface area contributed by atoms with Crippen molar-refractivity contribution in [2.24, 2.45) is 0 Å². The van der Waals surface area contributed by atoms with Gasteiger partial charge in [0.2, 0.25) is 0 Å². The summed E-state index contributed by atoms with van der Waals surface area (Å²) in [7, 11) is 1.00. The van der Waals surface area contributed by atoms with Gasteiger partial charge in [-0.15, -0.1) is 557 Å². The number of hydrogen-bond acceptors (Lipinski definition) is 1. The molecule has 0 unspecified atom stereocenters. The summed E-state index contributed by atoms with van der Waals surface area (Å²) in [4.78, 5) is 0. The molecule has 494 valence electrons. The van der Waals surface area contributed by atoms with Gasteiger partial charge >= 0.3 is 0 Å².